The summed E-state index contributed by atoms with van der Waals surface area (Å²) in [7, 11) is 6.05. The van der Waals surface area contributed by atoms with Gasteiger partial charge in [-0.05, 0) is 6.07 Å². The fourth-order valence-electron chi connectivity index (χ4n) is 5.68. The van der Waals surface area contributed by atoms with E-state index in [1.54, 1.807) is 0 Å². The maximum atomic E-state index is 6.86. The average molecular weight is 620 g/mol. The van der Waals surface area contributed by atoms with E-state index >= 15 is 0 Å². The van der Waals surface area contributed by atoms with Crippen LogP contribution in [0.1, 0.15) is 5.69 Å². The largest absolute Gasteiger partial charge is 0.379 e. The molecule has 15 heteroatoms. The number of ether oxygens (including phenoxy) is 4. The van der Waals surface area contributed by atoms with E-state index in [0.29, 0.717) is 52.9 Å². The smallest absolute Gasteiger partial charge is 0.123 e. The van der Waals surface area contributed by atoms with Gasteiger partial charge in [0.05, 0.1) is 70.2 Å². The van der Waals surface area contributed by atoms with Gasteiger partial charge in [0.15, 0.2) is 0 Å². The Balaban J connectivity index is 1.69. The molecule has 0 saturated carbocycles. The van der Waals surface area contributed by atoms with E-state index in [1.807, 2.05) is 25.3 Å². The molecule has 0 bridgehead atoms. The third-order valence-corrected chi connectivity index (χ3v) is 18.3. The number of aromatic nitrogens is 1. The SMILES string of the molecule is CN(C)/N=C/c1c(P(=S)(N2CCOCC2)N2CCOCC2)cc(P(=S)(N2CCOCC2)N2CCOCC2)n1C. The minimum atomic E-state index is -2.38. The monoisotopic (exact) mass is 619 g/mol. The summed E-state index contributed by atoms with van der Waals surface area (Å²) < 4.78 is 35.4. The normalized spacial score (nSPS) is 24.0. The average Bonchev–Trinajstić information content (AvgIpc) is 3.33. The van der Waals surface area contributed by atoms with Gasteiger partial charge in [0.1, 0.15) is 12.7 Å². The standard InChI is InChI=1S/C24H43N7O4P2S2/c1-26(2)25-21-22-23(36(38,28-4-12-32-13-5-28)29-6-14-33-15-7-29)20-24(27(22)3)37(39,30-8-16-34-17-9-30)31-10-18-35-19-11-31/h20-21H,4-19H2,1-3H3/b25-21+. The number of hydrogen-bond donors (Lipinski definition) is 0. The Kier molecular flexibility index (Phi) is 10.3. The van der Waals surface area contributed by atoms with Crippen LogP contribution in [0.5, 0.6) is 0 Å². The maximum Gasteiger partial charge on any atom is 0.123 e. The Labute approximate surface area is 243 Å². The molecule has 39 heavy (non-hydrogen) atoms. The van der Waals surface area contributed by atoms with Crippen molar-refractivity contribution in [2.45, 2.75) is 0 Å². The molecule has 0 N–H and O–H groups in total. The third kappa shape index (κ3) is 6.12. The van der Waals surface area contributed by atoms with Crippen LogP contribution in [0.15, 0.2) is 11.2 Å². The second-order valence-electron chi connectivity index (χ2n) is 10.3. The molecule has 4 saturated heterocycles. The van der Waals surface area contributed by atoms with Crippen molar-refractivity contribution in [2.75, 3.05) is 119 Å². The first kappa shape index (κ1) is 30.2. The predicted molar refractivity (Wildman–Crippen MR) is 164 cm³/mol. The minimum Gasteiger partial charge on any atom is -0.379 e. The first-order valence-corrected chi connectivity index (χ1v) is 19.2. The van der Waals surface area contributed by atoms with Crippen molar-refractivity contribution in [3.05, 3.63) is 11.8 Å². The van der Waals surface area contributed by atoms with Crippen LogP contribution in [0.4, 0.5) is 0 Å². The van der Waals surface area contributed by atoms with E-state index in [4.69, 9.17) is 47.7 Å². The lowest BCUT2D eigenvalue weighted by Crippen LogP contribution is -2.47. The van der Waals surface area contributed by atoms with Gasteiger partial charge in [-0.15, -0.1) is 0 Å². The zero-order valence-electron chi connectivity index (χ0n) is 23.4. The molecule has 0 unspecified atom stereocenters. The maximum absolute atomic E-state index is 6.86. The highest BCUT2D eigenvalue weighted by Gasteiger charge is 2.43. The summed E-state index contributed by atoms with van der Waals surface area (Å²) in [5.74, 6) is 0. The molecule has 4 aliphatic heterocycles. The van der Waals surface area contributed by atoms with Gasteiger partial charge in [0, 0.05) is 78.8 Å². The first-order chi connectivity index (χ1) is 18.9. The highest BCUT2D eigenvalue weighted by atomic mass is 32.4. The molecule has 5 heterocycles. The van der Waals surface area contributed by atoms with Crippen molar-refractivity contribution in [1.82, 2.24) is 28.3 Å². The highest BCUT2D eigenvalue weighted by molar-refractivity contribution is 8.16. The van der Waals surface area contributed by atoms with Gasteiger partial charge >= 0.3 is 0 Å². The number of morpholine rings is 4. The Morgan fingerprint density at radius 2 is 1.05 bits per heavy atom. The molecule has 5 rings (SSSR count). The van der Waals surface area contributed by atoms with Crippen LogP contribution in [-0.4, -0.2) is 154 Å². The fraction of sp³-hybridized carbons (Fsp3) is 0.792. The lowest BCUT2D eigenvalue weighted by molar-refractivity contribution is 0.0588. The molecule has 1 aromatic heterocycles. The van der Waals surface area contributed by atoms with Gasteiger partial charge in [-0.25, -0.2) is 0 Å². The molecular formula is C24H43N7O4P2S2. The van der Waals surface area contributed by atoms with Crippen molar-refractivity contribution >= 4 is 53.2 Å². The molecule has 4 fully saturated rings. The Bertz CT molecular complexity index is 1050. The van der Waals surface area contributed by atoms with E-state index in [0.717, 1.165) is 58.1 Å². The number of nitrogens with zero attached hydrogens (tertiary/aromatic N) is 7. The van der Waals surface area contributed by atoms with Crippen LogP contribution >= 0.6 is 12.7 Å². The van der Waals surface area contributed by atoms with Crippen molar-refractivity contribution in [2.24, 2.45) is 12.1 Å². The van der Waals surface area contributed by atoms with Crippen LogP contribution in [0.3, 0.4) is 0 Å². The molecule has 11 nitrogen and oxygen atoms in total. The third-order valence-electron chi connectivity index (χ3n) is 7.74. The van der Waals surface area contributed by atoms with E-state index in [-0.39, 0.29) is 0 Å². The van der Waals surface area contributed by atoms with E-state index in [9.17, 15) is 0 Å². The number of hydrogen-bond acceptors (Lipinski definition) is 8. The van der Waals surface area contributed by atoms with Crippen LogP contribution in [0, 0.1) is 0 Å². The van der Waals surface area contributed by atoms with Gasteiger partial charge < -0.3 is 28.5 Å². The van der Waals surface area contributed by atoms with E-state index in [1.165, 1.54) is 10.7 Å². The van der Waals surface area contributed by atoms with Gasteiger partial charge in [-0.3, -0.25) is 18.7 Å². The minimum absolute atomic E-state index is 0.697. The molecule has 4 aliphatic rings. The van der Waals surface area contributed by atoms with E-state index in [2.05, 4.69) is 36.4 Å². The molecule has 0 atom stereocenters. The summed E-state index contributed by atoms with van der Waals surface area (Å²) in [4.78, 5) is 0. The number of hydrazone groups is 1. The summed E-state index contributed by atoms with van der Waals surface area (Å²) in [5.41, 5.74) is 2.23. The molecule has 0 aliphatic carbocycles. The van der Waals surface area contributed by atoms with Gasteiger partial charge in [-0.2, -0.15) is 5.10 Å². The summed E-state index contributed by atoms with van der Waals surface area (Å²) in [6.07, 6.45) is -2.75. The molecule has 0 spiro atoms. The second kappa shape index (κ2) is 13.4. The summed E-state index contributed by atoms with van der Waals surface area (Å²) in [5, 5.41) is 7.74. The zero-order chi connectivity index (χ0) is 27.5. The Morgan fingerprint density at radius 1 is 0.692 bits per heavy atom. The number of rotatable bonds is 8. The molecule has 1 aromatic rings. The van der Waals surface area contributed by atoms with Crippen LogP contribution < -0.4 is 10.7 Å². The fourth-order valence-corrected chi connectivity index (χ4v) is 15.0. The summed E-state index contributed by atoms with van der Waals surface area (Å²) in [6.45, 7) is 12.2. The van der Waals surface area contributed by atoms with Crippen LogP contribution in [-0.2, 0) is 49.6 Å². The van der Waals surface area contributed by atoms with Crippen molar-refractivity contribution in [1.29, 1.82) is 0 Å². The van der Waals surface area contributed by atoms with Crippen LogP contribution in [0.25, 0.3) is 0 Å². The van der Waals surface area contributed by atoms with Gasteiger partial charge in [0.25, 0.3) is 0 Å². The van der Waals surface area contributed by atoms with Crippen molar-refractivity contribution < 1.29 is 18.9 Å². The quantitative estimate of drug-likeness (QED) is 0.227. The van der Waals surface area contributed by atoms with Crippen molar-refractivity contribution in [3.63, 3.8) is 0 Å². The van der Waals surface area contributed by atoms with E-state index < -0.39 is 12.7 Å². The lowest BCUT2D eigenvalue weighted by atomic mass is 10.4. The first-order valence-electron chi connectivity index (χ1n) is 13.8. The molecule has 0 aromatic carbocycles. The van der Waals surface area contributed by atoms with Crippen molar-refractivity contribution in [3.8, 4) is 0 Å². The topological polar surface area (TPSA) is 70.4 Å². The Hall–Kier alpha value is -0.270. The zero-order valence-corrected chi connectivity index (χ0v) is 26.9. The Morgan fingerprint density at radius 3 is 1.41 bits per heavy atom. The summed E-state index contributed by atoms with van der Waals surface area (Å²) >= 11 is 13.7. The van der Waals surface area contributed by atoms with Crippen LogP contribution in [0.2, 0.25) is 0 Å². The lowest BCUT2D eigenvalue weighted by Gasteiger charge is -2.46. The molecule has 0 amide bonds. The second-order valence-corrected chi connectivity index (χ2v) is 18.7. The highest BCUT2D eigenvalue weighted by Crippen LogP contribution is 2.57. The summed E-state index contributed by atoms with van der Waals surface area (Å²) in [6, 6.07) is 2.37. The van der Waals surface area contributed by atoms with Gasteiger partial charge in [0.2, 0.25) is 0 Å². The van der Waals surface area contributed by atoms with Gasteiger partial charge in [-0.1, -0.05) is 23.6 Å². The molecule has 220 valence electrons. The predicted octanol–water partition coefficient (Wildman–Crippen LogP) is 0.119. The molecule has 0 radical (unpaired) electrons. The molecular weight excluding hydrogens is 576 g/mol.